The topological polar surface area (TPSA) is 96.1 Å². The molecule has 0 aromatic heterocycles. The zero-order chi connectivity index (χ0) is 24.1. The van der Waals surface area contributed by atoms with Crippen LogP contribution < -0.4 is 14.8 Å². The largest absolute Gasteiger partial charge is 0.491 e. The summed E-state index contributed by atoms with van der Waals surface area (Å²) in [4.78, 5) is 4.67. The van der Waals surface area contributed by atoms with E-state index in [2.05, 4.69) is 29.0 Å². The molecule has 0 saturated carbocycles. The number of sulfonamides is 1. The zero-order valence-electron chi connectivity index (χ0n) is 19.9. The number of aliphatic hydroxyl groups is 1. The predicted octanol–water partition coefficient (Wildman–Crippen LogP) is 3.02. The molecule has 2 aromatic carbocycles. The molecule has 0 atom stereocenters. The number of hydrogen-bond acceptors (Lipinski definition) is 6. The molecule has 1 aliphatic heterocycles. The summed E-state index contributed by atoms with van der Waals surface area (Å²) >= 11 is 0. The summed E-state index contributed by atoms with van der Waals surface area (Å²) < 4.78 is 28.4. The first-order chi connectivity index (χ1) is 15.5. The van der Waals surface area contributed by atoms with E-state index in [4.69, 9.17) is 9.88 Å². The minimum absolute atomic E-state index is 0.138. The molecular formula is C25H37N3O4S. The SMILES string of the molecule is CC(C)Oc1ccc(N(C)CCC2(O)CCN(CCc3ccc(S(N)(=O)=O)cc3)CC2)cc1. The molecule has 3 N–H and O–H groups in total. The van der Waals surface area contributed by atoms with E-state index >= 15 is 0 Å². The van der Waals surface area contributed by atoms with E-state index < -0.39 is 15.6 Å². The molecule has 1 aliphatic rings. The Morgan fingerprint density at radius 1 is 1.09 bits per heavy atom. The van der Waals surface area contributed by atoms with Crippen molar-refractivity contribution in [3.05, 3.63) is 54.1 Å². The molecule has 0 bridgehead atoms. The summed E-state index contributed by atoms with van der Waals surface area (Å²) in [5.74, 6) is 0.869. The molecular weight excluding hydrogens is 438 g/mol. The van der Waals surface area contributed by atoms with Gasteiger partial charge in [-0.3, -0.25) is 0 Å². The Balaban J connectivity index is 1.42. The van der Waals surface area contributed by atoms with E-state index in [9.17, 15) is 13.5 Å². The van der Waals surface area contributed by atoms with Gasteiger partial charge in [-0.2, -0.15) is 0 Å². The van der Waals surface area contributed by atoms with Gasteiger partial charge in [0.2, 0.25) is 10.0 Å². The fourth-order valence-electron chi connectivity index (χ4n) is 4.13. The van der Waals surface area contributed by atoms with Gasteiger partial charge in [0.05, 0.1) is 16.6 Å². The van der Waals surface area contributed by atoms with Gasteiger partial charge in [0.25, 0.3) is 0 Å². The van der Waals surface area contributed by atoms with Crippen LogP contribution in [0.5, 0.6) is 5.75 Å². The summed E-state index contributed by atoms with van der Waals surface area (Å²) in [5, 5.41) is 16.2. The Morgan fingerprint density at radius 2 is 1.70 bits per heavy atom. The standard InChI is InChI=1S/C25H37N3O4S/c1-20(2)32-23-8-6-22(7-9-23)27(3)17-13-25(29)14-18-28(19-15-25)16-12-21-4-10-24(11-5-21)33(26,30)31/h4-11,20,29H,12-19H2,1-3H3,(H2,26,30,31). The molecule has 1 fully saturated rings. The Bertz CT molecular complexity index is 983. The summed E-state index contributed by atoms with van der Waals surface area (Å²) in [6, 6.07) is 14.8. The molecule has 7 nitrogen and oxygen atoms in total. The number of primary sulfonamides is 1. The Morgan fingerprint density at radius 3 is 2.24 bits per heavy atom. The van der Waals surface area contributed by atoms with Crippen molar-refractivity contribution < 1.29 is 18.3 Å². The van der Waals surface area contributed by atoms with Gasteiger partial charge in [-0.15, -0.1) is 0 Å². The van der Waals surface area contributed by atoms with E-state index in [0.717, 1.165) is 68.9 Å². The average molecular weight is 476 g/mol. The van der Waals surface area contributed by atoms with Crippen LogP contribution in [0.15, 0.2) is 53.4 Å². The number of nitrogens with two attached hydrogens (primary N) is 1. The van der Waals surface area contributed by atoms with Gasteiger partial charge in [0, 0.05) is 38.9 Å². The fourth-order valence-corrected chi connectivity index (χ4v) is 4.65. The fraction of sp³-hybridized carbons (Fsp3) is 0.520. The maximum atomic E-state index is 11.4. The molecule has 2 aromatic rings. The lowest BCUT2D eigenvalue weighted by Gasteiger charge is -2.39. The first-order valence-electron chi connectivity index (χ1n) is 11.6. The van der Waals surface area contributed by atoms with Crippen LogP contribution in [0.2, 0.25) is 0 Å². The smallest absolute Gasteiger partial charge is 0.238 e. The molecule has 0 aliphatic carbocycles. The van der Waals surface area contributed by atoms with E-state index in [1.165, 1.54) is 0 Å². The molecule has 182 valence electrons. The van der Waals surface area contributed by atoms with Crippen molar-refractivity contribution >= 4 is 15.7 Å². The average Bonchev–Trinajstić information content (AvgIpc) is 2.77. The molecule has 1 saturated heterocycles. The van der Waals surface area contributed by atoms with Crippen LogP contribution >= 0.6 is 0 Å². The number of piperidine rings is 1. The van der Waals surface area contributed by atoms with E-state index in [1.54, 1.807) is 12.1 Å². The van der Waals surface area contributed by atoms with Gasteiger partial charge in [-0.25, -0.2) is 13.6 Å². The van der Waals surface area contributed by atoms with Gasteiger partial charge in [0.1, 0.15) is 5.75 Å². The summed E-state index contributed by atoms with van der Waals surface area (Å²) in [6.07, 6.45) is 3.24. The second-order valence-corrected chi connectivity index (χ2v) is 10.9. The number of hydrogen-bond donors (Lipinski definition) is 2. The maximum absolute atomic E-state index is 11.4. The van der Waals surface area contributed by atoms with Crippen molar-refractivity contribution in [1.29, 1.82) is 0 Å². The third-order valence-electron chi connectivity index (χ3n) is 6.32. The maximum Gasteiger partial charge on any atom is 0.238 e. The summed E-state index contributed by atoms with van der Waals surface area (Å²) in [6.45, 7) is 7.42. The molecule has 0 amide bonds. The van der Waals surface area contributed by atoms with Gasteiger partial charge in [-0.05, 0) is 81.5 Å². The third kappa shape index (κ3) is 7.71. The molecule has 0 spiro atoms. The first kappa shape index (κ1) is 25.5. The van der Waals surface area contributed by atoms with Crippen LogP contribution in [0, 0.1) is 0 Å². The highest BCUT2D eigenvalue weighted by Crippen LogP contribution is 2.27. The molecule has 33 heavy (non-hydrogen) atoms. The highest BCUT2D eigenvalue weighted by molar-refractivity contribution is 7.89. The van der Waals surface area contributed by atoms with Crippen molar-refractivity contribution in [2.24, 2.45) is 5.14 Å². The Hall–Kier alpha value is -2.13. The second-order valence-electron chi connectivity index (χ2n) is 9.34. The minimum Gasteiger partial charge on any atom is -0.491 e. The van der Waals surface area contributed by atoms with Gasteiger partial charge >= 0.3 is 0 Å². The molecule has 8 heteroatoms. The number of nitrogens with zero attached hydrogens (tertiary/aromatic N) is 2. The van der Waals surface area contributed by atoms with E-state index in [-0.39, 0.29) is 11.0 Å². The molecule has 0 unspecified atom stereocenters. The van der Waals surface area contributed by atoms with Gasteiger partial charge in [-0.1, -0.05) is 12.1 Å². The predicted molar refractivity (Wildman–Crippen MR) is 132 cm³/mol. The van der Waals surface area contributed by atoms with Crippen LogP contribution in [0.4, 0.5) is 5.69 Å². The lowest BCUT2D eigenvalue weighted by atomic mass is 9.88. The van der Waals surface area contributed by atoms with Crippen LogP contribution in [0.1, 0.15) is 38.7 Å². The second kappa shape index (κ2) is 10.9. The van der Waals surface area contributed by atoms with E-state index in [1.807, 2.05) is 38.1 Å². The van der Waals surface area contributed by atoms with Crippen molar-refractivity contribution in [3.8, 4) is 5.75 Å². The van der Waals surface area contributed by atoms with Crippen LogP contribution in [0.25, 0.3) is 0 Å². The Labute approximate surface area is 198 Å². The number of benzene rings is 2. The lowest BCUT2D eigenvalue weighted by molar-refractivity contribution is -0.0254. The quantitative estimate of drug-likeness (QED) is 0.548. The van der Waals surface area contributed by atoms with Crippen molar-refractivity contribution in [3.63, 3.8) is 0 Å². The van der Waals surface area contributed by atoms with Crippen LogP contribution in [-0.4, -0.2) is 63.4 Å². The minimum atomic E-state index is -3.65. The lowest BCUT2D eigenvalue weighted by Crippen LogP contribution is -2.46. The number of likely N-dealkylation sites (tertiary alicyclic amines) is 1. The molecule has 0 radical (unpaired) electrons. The van der Waals surface area contributed by atoms with Crippen molar-refractivity contribution in [2.45, 2.75) is 56.1 Å². The number of ether oxygens (including phenoxy) is 1. The molecule has 1 heterocycles. The van der Waals surface area contributed by atoms with Crippen molar-refractivity contribution in [1.82, 2.24) is 4.90 Å². The molecule has 3 rings (SSSR count). The first-order valence-corrected chi connectivity index (χ1v) is 13.1. The third-order valence-corrected chi connectivity index (χ3v) is 7.25. The van der Waals surface area contributed by atoms with Crippen LogP contribution in [-0.2, 0) is 16.4 Å². The summed E-state index contributed by atoms with van der Waals surface area (Å²) in [7, 11) is -1.60. The number of anilines is 1. The number of rotatable bonds is 10. The van der Waals surface area contributed by atoms with Crippen LogP contribution in [0.3, 0.4) is 0 Å². The van der Waals surface area contributed by atoms with Crippen molar-refractivity contribution in [2.75, 3.05) is 38.1 Å². The summed E-state index contributed by atoms with van der Waals surface area (Å²) in [5.41, 5.74) is 1.55. The normalized spacial score (nSPS) is 16.7. The Kier molecular flexibility index (Phi) is 8.39. The monoisotopic (exact) mass is 475 g/mol. The highest BCUT2D eigenvalue weighted by Gasteiger charge is 2.32. The zero-order valence-corrected chi connectivity index (χ0v) is 20.7. The van der Waals surface area contributed by atoms with Gasteiger partial charge < -0.3 is 19.6 Å². The van der Waals surface area contributed by atoms with Gasteiger partial charge in [0.15, 0.2) is 0 Å². The highest BCUT2D eigenvalue weighted by atomic mass is 32.2. The van der Waals surface area contributed by atoms with E-state index in [0.29, 0.717) is 0 Å².